The van der Waals surface area contributed by atoms with Gasteiger partial charge in [0, 0.05) is 13.0 Å². The lowest BCUT2D eigenvalue weighted by Crippen LogP contribution is -2.07. The van der Waals surface area contributed by atoms with Crippen LogP contribution in [0.4, 0.5) is 5.82 Å². The highest BCUT2D eigenvalue weighted by Crippen LogP contribution is 2.20. The van der Waals surface area contributed by atoms with Gasteiger partial charge in [-0.15, -0.1) is 22.5 Å². The molecular formula is C11H14ClN3. The SMILES string of the molecule is C#CCCCNc1nnc(Cl)c(C)c1C. The van der Waals surface area contributed by atoms with E-state index in [1.807, 2.05) is 13.8 Å². The molecule has 0 aromatic carbocycles. The summed E-state index contributed by atoms with van der Waals surface area (Å²) in [7, 11) is 0. The van der Waals surface area contributed by atoms with E-state index in [2.05, 4.69) is 21.4 Å². The average molecular weight is 224 g/mol. The molecule has 0 bridgehead atoms. The molecule has 0 atom stereocenters. The van der Waals surface area contributed by atoms with Crippen molar-refractivity contribution in [2.75, 3.05) is 11.9 Å². The zero-order valence-electron chi connectivity index (χ0n) is 8.97. The van der Waals surface area contributed by atoms with Crippen LogP contribution in [0.1, 0.15) is 24.0 Å². The average Bonchev–Trinajstić information content (AvgIpc) is 2.24. The van der Waals surface area contributed by atoms with Crippen LogP contribution in [0.5, 0.6) is 0 Å². The van der Waals surface area contributed by atoms with Gasteiger partial charge in [-0.05, 0) is 31.4 Å². The van der Waals surface area contributed by atoms with Crippen LogP contribution in [-0.4, -0.2) is 16.7 Å². The van der Waals surface area contributed by atoms with Crippen LogP contribution in [0, 0.1) is 26.2 Å². The van der Waals surface area contributed by atoms with E-state index in [4.69, 9.17) is 18.0 Å². The van der Waals surface area contributed by atoms with Crippen LogP contribution in [-0.2, 0) is 0 Å². The van der Waals surface area contributed by atoms with E-state index in [9.17, 15) is 0 Å². The molecule has 0 aliphatic heterocycles. The second kappa shape index (κ2) is 5.57. The van der Waals surface area contributed by atoms with Crippen LogP contribution >= 0.6 is 11.6 Å². The minimum absolute atomic E-state index is 0.460. The van der Waals surface area contributed by atoms with E-state index in [0.717, 1.165) is 36.3 Å². The Morgan fingerprint density at radius 3 is 2.73 bits per heavy atom. The summed E-state index contributed by atoms with van der Waals surface area (Å²) in [5.41, 5.74) is 2.00. The molecule has 4 heteroatoms. The van der Waals surface area contributed by atoms with Gasteiger partial charge in [0.05, 0.1) is 0 Å². The highest BCUT2D eigenvalue weighted by atomic mass is 35.5. The Hall–Kier alpha value is -1.27. The lowest BCUT2D eigenvalue weighted by molar-refractivity contribution is 0.885. The second-order valence-corrected chi connectivity index (χ2v) is 3.68. The molecule has 1 heterocycles. The first-order chi connectivity index (χ1) is 7.16. The van der Waals surface area contributed by atoms with E-state index in [-0.39, 0.29) is 0 Å². The Morgan fingerprint density at radius 2 is 2.07 bits per heavy atom. The third kappa shape index (κ3) is 3.10. The summed E-state index contributed by atoms with van der Waals surface area (Å²) in [5.74, 6) is 3.38. The van der Waals surface area contributed by atoms with Crippen molar-refractivity contribution < 1.29 is 0 Å². The Kier molecular flexibility index (Phi) is 4.38. The van der Waals surface area contributed by atoms with Gasteiger partial charge in [0.25, 0.3) is 0 Å². The summed E-state index contributed by atoms with van der Waals surface area (Å²) < 4.78 is 0. The maximum absolute atomic E-state index is 5.84. The first-order valence-corrected chi connectivity index (χ1v) is 5.21. The summed E-state index contributed by atoms with van der Waals surface area (Å²) in [4.78, 5) is 0. The van der Waals surface area contributed by atoms with Crippen molar-refractivity contribution in [3.05, 3.63) is 16.3 Å². The molecule has 0 radical (unpaired) electrons. The summed E-state index contributed by atoms with van der Waals surface area (Å²) in [5, 5.41) is 11.5. The maximum atomic E-state index is 5.84. The molecule has 15 heavy (non-hydrogen) atoms. The summed E-state index contributed by atoms with van der Waals surface area (Å²) >= 11 is 5.84. The largest absolute Gasteiger partial charge is 0.368 e. The number of unbranched alkanes of at least 4 members (excludes halogenated alkanes) is 1. The fraction of sp³-hybridized carbons (Fsp3) is 0.455. The van der Waals surface area contributed by atoms with E-state index >= 15 is 0 Å². The van der Waals surface area contributed by atoms with Crippen molar-refractivity contribution in [2.24, 2.45) is 0 Å². The molecule has 1 aromatic rings. The van der Waals surface area contributed by atoms with Crippen LogP contribution < -0.4 is 5.32 Å². The zero-order chi connectivity index (χ0) is 11.3. The monoisotopic (exact) mass is 223 g/mol. The number of hydrogen-bond acceptors (Lipinski definition) is 3. The Morgan fingerprint density at radius 1 is 1.33 bits per heavy atom. The third-order valence-electron chi connectivity index (χ3n) is 2.26. The first kappa shape index (κ1) is 11.8. The number of anilines is 1. The zero-order valence-corrected chi connectivity index (χ0v) is 9.73. The van der Waals surface area contributed by atoms with Crippen molar-refractivity contribution in [3.63, 3.8) is 0 Å². The molecule has 0 aliphatic rings. The fourth-order valence-electron chi connectivity index (χ4n) is 1.14. The van der Waals surface area contributed by atoms with Gasteiger partial charge in [0.15, 0.2) is 11.0 Å². The number of aromatic nitrogens is 2. The molecule has 1 aromatic heterocycles. The molecule has 80 valence electrons. The second-order valence-electron chi connectivity index (χ2n) is 3.32. The van der Waals surface area contributed by atoms with Gasteiger partial charge in [-0.1, -0.05) is 11.6 Å². The van der Waals surface area contributed by atoms with Gasteiger partial charge in [-0.2, -0.15) is 0 Å². The smallest absolute Gasteiger partial charge is 0.155 e. The van der Waals surface area contributed by atoms with Crippen LogP contribution in [0.3, 0.4) is 0 Å². The lowest BCUT2D eigenvalue weighted by atomic mass is 10.2. The fourth-order valence-corrected chi connectivity index (χ4v) is 1.32. The molecule has 3 nitrogen and oxygen atoms in total. The number of nitrogens with zero attached hydrogens (tertiary/aromatic N) is 2. The van der Waals surface area contributed by atoms with Crippen LogP contribution in [0.25, 0.3) is 0 Å². The summed E-state index contributed by atoms with van der Waals surface area (Å²) in [6.45, 7) is 4.71. The summed E-state index contributed by atoms with van der Waals surface area (Å²) in [6, 6.07) is 0. The molecule has 0 aliphatic carbocycles. The van der Waals surface area contributed by atoms with Gasteiger partial charge in [-0.25, -0.2) is 0 Å². The van der Waals surface area contributed by atoms with Gasteiger partial charge in [0.2, 0.25) is 0 Å². The van der Waals surface area contributed by atoms with E-state index < -0.39 is 0 Å². The van der Waals surface area contributed by atoms with Crippen molar-refractivity contribution in [2.45, 2.75) is 26.7 Å². The van der Waals surface area contributed by atoms with Gasteiger partial charge < -0.3 is 5.32 Å². The van der Waals surface area contributed by atoms with Crippen LogP contribution in [0.2, 0.25) is 5.15 Å². The predicted molar refractivity (Wildman–Crippen MR) is 63.1 cm³/mol. The Balaban J connectivity index is 2.63. The minimum atomic E-state index is 0.460. The van der Waals surface area contributed by atoms with E-state index in [1.54, 1.807) is 0 Å². The van der Waals surface area contributed by atoms with Crippen molar-refractivity contribution in [1.82, 2.24) is 10.2 Å². The quantitative estimate of drug-likeness (QED) is 0.630. The molecule has 0 unspecified atom stereocenters. The lowest BCUT2D eigenvalue weighted by Gasteiger charge is -2.09. The minimum Gasteiger partial charge on any atom is -0.368 e. The third-order valence-corrected chi connectivity index (χ3v) is 2.61. The molecular weight excluding hydrogens is 210 g/mol. The predicted octanol–water partition coefficient (Wildman–Crippen LogP) is 2.57. The number of nitrogens with one attached hydrogen (secondary N) is 1. The summed E-state index contributed by atoms with van der Waals surface area (Å²) in [6.07, 6.45) is 6.86. The van der Waals surface area contributed by atoms with Gasteiger partial charge in [0.1, 0.15) is 0 Å². The first-order valence-electron chi connectivity index (χ1n) is 4.83. The molecule has 1 rings (SSSR count). The van der Waals surface area contributed by atoms with E-state index in [1.165, 1.54) is 0 Å². The molecule has 0 spiro atoms. The van der Waals surface area contributed by atoms with Gasteiger partial charge in [-0.3, -0.25) is 0 Å². The van der Waals surface area contributed by atoms with Crippen molar-refractivity contribution in [1.29, 1.82) is 0 Å². The highest BCUT2D eigenvalue weighted by Gasteiger charge is 2.06. The number of halogens is 1. The Bertz CT molecular complexity index is 382. The molecule has 0 saturated heterocycles. The molecule has 0 amide bonds. The highest BCUT2D eigenvalue weighted by molar-refractivity contribution is 6.30. The topological polar surface area (TPSA) is 37.8 Å². The van der Waals surface area contributed by atoms with Crippen molar-refractivity contribution >= 4 is 17.4 Å². The van der Waals surface area contributed by atoms with Crippen LogP contribution in [0.15, 0.2) is 0 Å². The van der Waals surface area contributed by atoms with Crippen molar-refractivity contribution in [3.8, 4) is 12.3 Å². The number of terminal acetylenes is 1. The number of rotatable bonds is 4. The molecule has 1 N–H and O–H groups in total. The standard InChI is InChI=1S/C11H14ClN3/c1-4-5-6-7-13-11-9(3)8(2)10(12)14-15-11/h1H,5-7H2,2-3H3,(H,13,15). The number of hydrogen-bond donors (Lipinski definition) is 1. The van der Waals surface area contributed by atoms with Gasteiger partial charge >= 0.3 is 0 Å². The molecule has 0 saturated carbocycles. The molecule has 0 fully saturated rings. The Labute approximate surface area is 95.2 Å². The van der Waals surface area contributed by atoms with E-state index in [0.29, 0.717) is 5.15 Å². The normalized spacial score (nSPS) is 9.73. The maximum Gasteiger partial charge on any atom is 0.155 e.